The van der Waals surface area contributed by atoms with Crippen LogP contribution in [-0.2, 0) is 0 Å². The Balaban J connectivity index is 1.56. The van der Waals surface area contributed by atoms with Gasteiger partial charge in [0.2, 0.25) is 0 Å². The number of rotatable bonds is 7. The second-order valence-corrected chi connectivity index (χ2v) is 6.36. The Morgan fingerprint density at radius 2 is 1.50 bits per heavy atom. The van der Waals surface area contributed by atoms with Crippen LogP contribution in [0, 0.1) is 0 Å². The first-order valence-electron chi connectivity index (χ1n) is 8.75. The minimum absolute atomic E-state index is 0.271. The predicted molar refractivity (Wildman–Crippen MR) is 110 cm³/mol. The van der Waals surface area contributed by atoms with Crippen LogP contribution in [0.4, 0.5) is 5.69 Å². The zero-order chi connectivity index (χ0) is 19.8. The number of benzene rings is 3. The monoisotopic (exact) mass is 394 g/mol. The van der Waals surface area contributed by atoms with Crippen molar-refractivity contribution >= 4 is 29.1 Å². The van der Waals surface area contributed by atoms with Gasteiger partial charge in [-0.05, 0) is 48.5 Å². The van der Waals surface area contributed by atoms with E-state index in [0.29, 0.717) is 40.7 Å². The summed E-state index contributed by atoms with van der Waals surface area (Å²) in [5.41, 5.74) is 1.36. The Labute approximate surface area is 168 Å². The first kappa shape index (κ1) is 19.5. The second kappa shape index (κ2) is 9.58. The van der Waals surface area contributed by atoms with Crippen LogP contribution < -0.4 is 15.4 Å². The lowest BCUT2D eigenvalue weighted by Gasteiger charge is -2.12. The van der Waals surface area contributed by atoms with E-state index in [0.717, 1.165) is 0 Å². The molecule has 0 radical (unpaired) electrons. The molecule has 2 N–H and O–H groups in total. The maximum Gasteiger partial charge on any atom is 0.255 e. The smallest absolute Gasteiger partial charge is 0.255 e. The normalized spacial score (nSPS) is 10.2. The van der Waals surface area contributed by atoms with Gasteiger partial charge in [-0.25, -0.2) is 0 Å². The van der Waals surface area contributed by atoms with Gasteiger partial charge in [0.15, 0.2) is 0 Å². The van der Waals surface area contributed by atoms with Crippen LogP contribution in [0.3, 0.4) is 0 Å². The lowest BCUT2D eigenvalue weighted by Crippen LogP contribution is -2.29. The molecular weight excluding hydrogens is 376 g/mol. The Kier molecular flexibility index (Phi) is 6.65. The second-order valence-electron chi connectivity index (χ2n) is 5.92. The van der Waals surface area contributed by atoms with Gasteiger partial charge in [0.25, 0.3) is 11.8 Å². The average Bonchev–Trinajstić information content (AvgIpc) is 2.73. The van der Waals surface area contributed by atoms with Crippen molar-refractivity contribution < 1.29 is 14.3 Å². The van der Waals surface area contributed by atoms with E-state index in [4.69, 9.17) is 16.3 Å². The molecular formula is C22H19ClN2O3. The van der Waals surface area contributed by atoms with E-state index < -0.39 is 0 Å². The van der Waals surface area contributed by atoms with Crippen LogP contribution in [0.5, 0.6) is 5.75 Å². The number of hydrogen-bond donors (Lipinski definition) is 2. The molecule has 0 heterocycles. The van der Waals surface area contributed by atoms with Crippen LogP contribution in [0.15, 0.2) is 78.9 Å². The molecule has 142 valence electrons. The fraction of sp³-hybridized carbons (Fsp3) is 0.0909. The van der Waals surface area contributed by atoms with Crippen LogP contribution in [-0.4, -0.2) is 25.0 Å². The van der Waals surface area contributed by atoms with Crippen molar-refractivity contribution in [1.82, 2.24) is 5.32 Å². The summed E-state index contributed by atoms with van der Waals surface area (Å²) in [4.78, 5) is 24.9. The summed E-state index contributed by atoms with van der Waals surface area (Å²) in [6.45, 7) is 0.633. The van der Waals surface area contributed by atoms with E-state index in [-0.39, 0.29) is 11.8 Å². The molecule has 0 atom stereocenters. The van der Waals surface area contributed by atoms with E-state index in [1.807, 2.05) is 6.07 Å². The Bertz CT molecular complexity index is 944. The molecule has 3 rings (SSSR count). The molecule has 5 nitrogen and oxygen atoms in total. The molecule has 0 aliphatic carbocycles. The van der Waals surface area contributed by atoms with Gasteiger partial charge < -0.3 is 15.4 Å². The maximum absolute atomic E-state index is 12.5. The van der Waals surface area contributed by atoms with Crippen LogP contribution in [0.1, 0.15) is 20.7 Å². The Hall–Kier alpha value is -3.31. The third-order valence-electron chi connectivity index (χ3n) is 3.93. The molecule has 0 saturated heterocycles. The van der Waals surface area contributed by atoms with Crippen molar-refractivity contribution in [3.05, 3.63) is 95.0 Å². The van der Waals surface area contributed by atoms with Crippen LogP contribution >= 0.6 is 11.6 Å². The van der Waals surface area contributed by atoms with E-state index in [2.05, 4.69) is 10.6 Å². The van der Waals surface area contributed by atoms with E-state index >= 15 is 0 Å². The van der Waals surface area contributed by atoms with Gasteiger partial charge in [0.1, 0.15) is 12.4 Å². The van der Waals surface area contributed by atoms with Crippen LogP contribution in [0.25, 0.3) is 0 Å². The Morgan fingerprint density at radius 3 is 2.25 bits per heavy atom. The number of ether oxygens (including phenoxy) is 1. The zero-order valence-electron chi connectivity index (χ0n) is 15.0. The lowest BCUT2D eigenvalue weighted by molar-refractivity contribution is 0.0948. The highest BCUT2D eigenvalue weighted by atomic mass is 35.5. The molecule has 0 unspecified atom stereocenters. The quantitative estimate of drug-likeness (QED) is 0.583. The fourth-order valence-corrected chi connectivity index (χ4v) is 2.66. The van der Waals surface area contributed by atoms with Gasteiger partial charge >= 0.3 is 0 Å². The lowest BCUT2D eigenvalue weighted by atomic mass is 10.1. The first-order chi connectivity index (χ1) is 13.6. The van der Waals surface area contributed by atoms with Crippen molar-refractivity contribution in [2.45, 2.75) is 0 Å². The summed E-state index contributed by atoms with van der Waals surface area (Å²) in [5.74, 6) is 0.116. The summed E-state index contributed by atoms with van der Waals surface area (Å²) in [5, 5.41) is 6.21. The number of carbonyl (C=O) groups excluding carboxylic acids is 2. The van der Waals surface area contributed by atoms with Crippen molar-refractivity contribution in [1.29, 1.82) is 0 Å². The van der Waals surface area contributed by atoms with Gasteiger partial charge in [-0.1, -0.05) is 41.9 Å². The summed E-state index contributed by atoms with van der Waals surface area (Å²) in [6, 6.07) is 22.7. The minimum Gasteiger partial charge on any atom is -0.492 e. The summed E-state index contributed by atoms with van der Waals surface area (Å²) in [7, 11) is 0. The first-order valence-corrected chi connectivity index (χ1v) is 9.13. The topological polar surface area (TPSA) is 67.4 Å². The summed E-state index contributed by atoms with van der Waals surface area (Å²) < 4.78 is 5.56. The molecule has 0 fully saturated rings. The molecule has 3 aromatic carbocycles. The highest BCUT2D eigenvalue weighted by molar-refractivity contribution is 6.30. The number of hydrogen-bond acceptors (Lipinski definition) is 3. The number of carbonyl (C=O) groups is 2. The number of halogens is 1. The molecule has 0 spiro atoms. The molecule has 0 aromatic heterocycles. The number of para-hydroxylation sites is 1. The minimum atomic E-state index is -0.288. The average molecular weight is 395 g/mol. The van der Waals surface area contributed by atoms with Crippen molar-refractivity contribution in [2.75, 3.05) is 18.5 Å². The maximum atomic E-state index is 12.5. The van der Waals surface area contributed by atoms with Gasteiger partial charge in [-0.3, -0.25) is 9.59 Å². The Morgan fingerprint density at radius 1 is 0.821 bits per heavy atom. The largest absolute Gasteiger partial charge is 0.492 e. The van der Waals surface area contributed by atoms with Gasteiger partial charge in [-0.2, -0.15) is 0 Å². The van der Waals surface area contributed by atoms with Crippen LogP contribution in [0.2, 0.25) is 5.02 Å². The fourth-order valence-electron chi connectivity index (χ4n) is 2.53. The molecule has 0 aliphatic heterocycles. The number of amides is 2. The molecule has 0 aliphatic rings. The molecule has 3 aromatic rings. The molecule has 0 bridgehead atoms. The van der Waals surface area contributed by atoms with Gasteiger partial charge in [0.05, 0.1) is 17.8 Å². The summed E-state index contributed by atoms with van der Waals surface area (Å²) >= 11 is 5.83. The highest BCUT2D eigenvalue weighted by Crippen LogP contribution is 2.17. The van der Waals surface area contributed by atoms with Crippen molar-refractivity contribution in [3.8, 4) is 5.75 Å². The van der Waals surface area contributed by atoms with Gasteiger partial charge in [-0.15, -0.1) is 0 Å². The third kappa shape index (κ3) is 5.34. The molecule has 6 heteroatoms. The standard InChI is InChI=1S/C22H19ClN2O3/c23-17-10-12-18(13-11-17)28-15-14-24-22(27)19-8-4-5-9-20(19)25-21(26)16-6-2-1-3-7-16/h1-13H,14-15H2,(H,24,27)(H,25,26). The van der Waals surface area contributed by atoms with Gasteiger partial charge in [0, 0.05) is 10.6 Å². The van der Waals surface area contributed by atoms with Crippen molar-refractivity contribution in [2.24, 2.45) is 0 Å². The molecule has 28 heavy (non-hydrogen) atoms. The summed E-state index contributed by atoms with van der Waals surface area (Å²) in [6.07, 6.45) is 0. The molecule has 0 saturated carbocycles. The van der Waals surface area contributed by atoms with E-state index in [1.54, 1.807) is 72.8 Å². The number of nitrogens with one attached hydrogen (secondary N) is 2. The molecule has 2 amide bonds. The zero-order valence-corrected chi connectivity index (χ0v) is 15.8. The van der Waals surface area contributed by atoms with E-state index in [9.17, 15) is 9.59 Å². The highest BCUT2D eigenvalue weighted by Gasteiger charge is 2.13. The number of anilines is 1. The van der Waals surface area contributed by atoms with E-state index in [1.165, 1.54) is 0 Å². The third-order valence-corrected chi connectivity index (χ3v) is 4.18. The SMILES string of the molecule is O=C(Nc1ccccc1C(=O)NCCOc1ccc(Cl)cc1)c1ccccc1. The van der Waals surface area contributed by atoms with Crippen molar-refractivity contribution in [3.63, 3.8) is 0 Å². The predicted octanol–water partition coefficient (Wildman–Crippen LogP) is 4.40.